The van der Waals surface area contributed by atoms with E-state index in [1.165, 1.54) is 19.2 Å². The van der Waals surface area contributed by atoms with Gasteiger partial charge >= 0.3 is 0 Å². The molecule has 0 bridgehead atoms. The van der Waals surface area contributed by atoms with E-state index in [9.17, 15) is 14.9 Å². The lowest BCUT2D eigenvalue weighted by molar-refractivity contribution is -0.122. The summed E-state index contributed by atoms with van der Waals surface area (Å²) in [5.74, 6) is -2.32. The summed E-state index contributed by atoms with van der Waals surface area (Å²) in [6.07, 6.45) is 2.07. The number of carbonyl (C=O) groups excluding carboxylic acids is 2. The first-order chi connectivity index (χ1) is 19.4. The standard InChI is InChI=1S/C30H28BrClFN5O3/c1-29(2,3)12-22-30(26-20(37-28(30)40)11-16(31)14-35-26)23(17-6-5-7-18(32)24(17)33)25(38-22)27(39)36-19-9-8-15(13-34)10-21(19)41-4/h5-11,14,22-23,25,38H,12H2,1-4H3,(H,36,39)(H,37,40). The number of fused-ring (bicyclic) bond motifs is 2. The summed E-state index contributed by atoms with van der Waals surface area (Å²) < 4.78 is 22.0. The Labute approximate surface area is 250 Å². The average molecular weight is 641 g/mol. The van der Waals surface area contributed by atoms with E-state index in [0.29, 0.717) is 33.5 Å². The van der Waals surface area contributed by atoms with E-state index in [1.807, 2.05) is 26.8 Å². The second-order valence-corrected chi connectivity index (χ2v) is 12.8. The van der Waals surface area contributed by atoms with Crippen molar-refractivity contribution in [2.24, 2.45) is 5.41 Å². The highest BCUT2D eigenvalue weighted by molar-refractivity contribution is 9.10. The predicted octanol–water partition coefficient (Wildman–Crippen LogP) is 5.91. The zero-order chi connectivity index (χ0) is 29.7. The summed E-state index contributed by atoms with van der Waals surface area (Å²) in [5, 5.41) is 18.4. The molecular formula is C30H28BrClFN5O3. The van der Waals surface area contributed by atoms with Gasteiger partial charge in [0.15, 0.2) is 0 Å². The van der Waals surface area contributed by atoms with Crippen LogP contribution in [-0.4, -0.2) is 36.0 Å². The minimum Gasteiger partial charge on any atom is -0.495 e. The van der Waals surface area contributed by atoms with Crippen LogP contribution in [-0.2, 0) is 15.0 Å². The predicted molar refractivity (Wildman–Crippen MR) is 158 cm³/mol. The van der Waals surface area contributed by atoms with Gasteiger partial charge in [-0.2, -0.15) is 5.26 Å². The summed E-state index contributed by atoms with van der Waals surface area (Å²) in [4.78, 5) is 33.0. The van der Waals surface area contributed by atoms with E-state index in [1.54, 1.807) is 36.5 Å². The number of amides is 2. The molecule has 0 saturated carbocycles. The van der Waals surface area contributed by atoms with Gasteiger partial charge in [-0.15, -0.1) is 0 Å². The molecule has 2 amide bonds. The Kier molecular flexibility index (Phi) is 7.57. The first-order valence-electron chi connectivity index (χ1n) is 13.0. The van der Waals surface area contributed by atoms with E-state index in [-0.39, 0.29) is 27.7 Å². The van der Waals surface area contributed by atoms with Gasteiger partial charge < -0.3 is 20.7 Å². The van der Waals surface area contributed by atoms with Crippen LogP contribution in [0.25, 0.3) is 0 Å². The number of carbonyl (C=O) groups is 2. The van der Waals surface area contributed by atoms with E-state index < -0.39 is 35.1 Å². The molecule has 3 N–H and O–H groups in total. The van der Waals surface area contributed by atoms with E-state index in [4.69, 9.17) is 16.3 Å². The summed E-state index contributed by atoms with van der Waals surface area (Å²) in [6.45, 7) is 6.11. The molecule has 4 atom stereocenters. The normalized spacial score (nSPS) is 23.2. The Hall–Kier alpha value is -3.52. The number of nitrogens with one attached hydrogen (secondary N) is 3. The number of rotatable bonds is 5. The number of halogens is 3. The van der Waals surface area contributed by atoms with Crippen molar-refractivity contribution in [1.29, 1.82) is 5.26 Å². The van der Waals surface area contributed by atoms with Crippen LogP contribution in [0.5, 0.6) is 5.75 Å². The number of aromatic nitrogens is 1. The Morgan fingerprint density at radius 1 is 1.29 bits per heavy atom. The van der Waals surface area contributed by atoms with Gasteiger partial charge in [0.1, 0.15) is 17.0 Å². The molecule has 11 heteroatoms. The first kappa shape index (κ1) is 29.0. The SMILES string of the molecule is COc1cc(C#N)ccc1NC(=O)C1NC(CC(C)(C)C)C2(C(=O)Nc3cc(Br)cnc32)C1c1cccc(Cl)c1F. The maximum absolute atomic E-state index is 15.9. The van der Waals surface area contributed by atoms with Crippen molar-refractivity contribution in [3.8, 4) is 11.8 Å². The summed E-state index contributed by atoms with van der Waals surface area (Å²) >= 11 is 9.67. The van der Waals surface area contributed by atoms with E-state index in [0.717, 1.165) is 0 Å². The third-order valence-corrected chi connectivity index (χ3v) is 8.35. The van der Waals surface area contributed by atoms with Crippen molar-refractivity contribution in [2.75, 3.05) is 17.7 Å². The molecule has 3 aromatic rings. The lowest BCUT2D eigenvalue weighted by Crippen LogP contribution is -2.50. The molecule has 1 fully saturated rings. The van der Waals surface area contributed by atoms with Crippen LogP contribution in [0.1, 0.15) is 49.9 Å². The largest absolute Gasteiger partial charge is 0.495 e. The number of nitrogens with zero attached hydrogens (tertiary/aromatic N) is 2. The van der Waals surface area contributed by atoms with Gasteiger partial charge in [0, 0.05) is 28.7 Å². The quantitative estimate of drug-likeness (QED) is 0.320. The Bertz CT molecular complexity index is 1600. The third kappa shape index (κ3) is 4.96. The molecule has 1 aromatic heterocycles. The zero-order valence-electron chi connectivity index (χ0n) is 22.8. The summed E-state index contributed by atoms with van der Waals surface area (Å²) in [6, 6.07) is 11.4. The monoisotopic (exact) mass is 639 g/mol. The number of benzene rings is 2. The maximum atomic E-state index is 15.9. The van der Waals surface area contributed by atoms with Crippen LogP contribution in [0.15, 0.2) is 53.1 Å². The topological polar surface area (TPSA) is 116 Å². The van der Waals surface area contributed by atoms with Crippen molar-refractivity contribution in [3.63, 3.8) is 0 Å². The Balaban J connectivity index is 1.71. The molecule has 2 aliphatic heterocycles. The molecule has 1 spiro atoms. The minimum absolute atomic E-state index is 0.118. The zero-order valence-corrected chi connectivity index (χ0v) is 25.2. The first-order valence-corrected chi connectivity index (χ1v) is 14.1. The fraction of sp³-hybridized carbons (Fsp3) is 0.333. The van der Waals surface area contributed by atoms with Crippen molar-refractivity contribution < 1.29 is 18.7 Å². The van der Waals surface area contributed by atoms with Gasteiger partial charge in [-0.3, -0.25) is 14.6 Å². The maximum Gasteiger partial charge on any atom is 0.242 e. The third-order valence-electron chi connectivity index (χ3n) is 7.63. The molecule has 2 aromatic carbocycles. The molecule has 2 aliphatic rings. The number of hydrogen-bond acceptors (Lipinski definition) is 6. The van der Waals surface area contributed by atoms with Crippen LogP contribution < -0.4 is 20.7 Å². The molecule has 41 heavy (non-hydrogen) atoms. The van der Waals surface area contributed by atoms with Crippen LogP contribution in [0.3, 0.4) is 0 Å². The number of ether oxygens (including phenoxy) is 1. The lowest BCUT2D eigenvalue weighted by atomic mass is 9.64. The van der Waals surface area contributed by atoms with Gasteiger partial charge in [-0.05, 0) is 57.6 Å². The highest BCUT2D eigenvalue weighted by atomic mass is 79.9. The Morgan fingerprint density at radius 3 is 2.73 bits per heavy atom. The Morgan fingerprint density at radius 2 is 2.05 bits per heavy atom. The molecule has 0 radical (unpaired) electrons. The average Bonchev–Trinajstić information content (AvgIpc) is 3.39. The molecule has 0 aliphatic carbocycles. The molecule has 212 valence electrons. The van der Waals surface area contributed by atoms with Gasteiger partial charge in [-0.1, -0.05) is 44.5 Å². The molecule has 8 nitrogen and oxygen atoms in total. The van der Waals surface area contributed by atoms with Crippen molar-refractivity contribution >= 4 is 50.7 Å². The van der Waals surface area contributed by atoms with Crippen LogP contribution >= 0.6 is 27.5 Å². The van der Waals surface area contributed by atoms with Gasteiger partial charge in [0.2, 0.25) is 11.8 Å². The highest BCUT2D eigenvalue weighted by Gasteiger charge is 2.67. The minimum atomic E-state index is -1.44. The molecular weight excluding hydrogens is 613 g/mol. The lowest BCUT2D eigenvalue weighted by Gasteiger charge is -2.37. The molecule has 3 heterocycles. The molecule has 4 unspecified atom stereocenters. The summed E-state index contributed by atoms with van der Waals surface area (Å²) in [7, 11) is 1.43. The van der Waals surface area contributed by atoms with Gasteiger partial charge in [0.25, 0.3) is 0 Å². The number of anilines is 2. The fourth-order valence-electron chi connectivity index (χ4n) is 6.05. The van der Waals surface area contributed by atoms with Gasteiger partial charge in [0.05, 0.1) is 46.9 Å². The van der Waals surface area contributed by atoms with Crippen LogP contribution in [0.4, 0.5) is 15.8 Å². The molecule has 1 saturated heterocycles. The summed E-state index contributed by atoms with van der Waals surface area (Å²) in [5.41, 5.74) is 0.0264. The molecule has 5 rings (SSSR count). The number of nitriles is 1. The second-order valence-electron chi connectivity index (χ2n) is 11.5. The number of pyridine rings is 1. The second kappa shape index (κ2) is 10.7. The van der Waals surface area contributed by atoms with E-state index in [2.05, 4.69) is 36.9 Å². The van der Waals surface area contributed by atoms with Crippen LogP contribution in [0, 0.1) is 22.6 Å². The highest BCUT2D eigenvalue weighted by Crippen LogP contribution is 2.56. The number of hydrogen-bond donors (Lipinski definition) is 3. The van der Waals surface area contributed by atoms with Crippen molar-refractivity contribution in [2.45, 2.75) is 50.6 Å². The smallest absolute Gasteiger partial charge is 0.242 e. The van der Waals surface area contributed by atoms with E-state index >= 15 is 4.39 Å². The van der Waals surface area contributed by atoms with Gasteiger partial charge in [-0.25, -0.2) is 4.39 Å². The fourth-order valence-corrected chi connectivity index (χ4v) is 6.57. The van der Waals surface area contributed by atoms with Crippen molar-refractivity contribution in [3.05, 3.63) is 80.8 Å². The van der Waals surface area contributed by atoms with Crippen LogP contribution in [0.2, 0.25) is 5.02 Å². The van der Waals surface area contributed by atoms with Crippen molar-refractivity contribution in [1.82, 2.24) is 10.3 Å². The number of methoxy groups -OCH3 is 1.